The van der Waals surface area contributed by atoms with Gasteiger partial charge in [-0.15, -0.1) is 0 Å². The van der Waals surface area contributed by atoms with Crippen molar-refractivity contribution in [3.8, 4) is 0 Å². The molecule has 1 heterocycles. The van der Waals surface area contributed by atoms with E-state index in [1.807, 2.05) is 0 Å². The maximum Gasteiger partial charge on any atom is 0.303 e. The average Bonchev–Trinajstić information content (AvgIpc) is 2.73. The van der Waals surface area contributed by atoms with Crippen LogP contribution in [0.2, 0.25) is 0 Å². The molecule has 0 aromatic carbocycles. The van der Waals surface area contributed by atoms with Crippen molar-refractivity contribution < 1.29 is 19.1 Å². The van der Waals surface area contributed by atoms with Crippen molar-refractivity contribution in [2.24, 2.45) is 0 Å². The van der Waals surface area contributed by atoms with Crippen LogP contribution in [0.25, 0.3) is 0 Å². The maximum atomic E-state index is 11.6. The van der Waals surface area contributed by atoms with E-state index in [4.69, 9.17) is 9.52 Å². The Bertz CT molecular complexity index is 403. The molecule has 0 bridgehead atoms. The number of carboxylic acid groups (broad SMARTS) is 1. The summed E-state index contributed by atoms with van der Waals surface area (Å²) in [5, 5.41) is 11.2. The second-order valence-corrected chi connectivity index (χ2v) is 4.64. The lowest BCUT2D eigenvalue weighted by Gasteiger charge is -2.03. The Hall–Kier alpha value is -1.30. The minimum absolute atomic E-state index is 0.166. The van der Waals surface area contributed by atoms with E-state index in [1.165, 1.54) is 6.26 Å². The number of carboxylic acids is 1. The van der Waals surface area contributed by atoms with Crippen molar-refractivity contribution in [3.63, 3.8) is 0 Å². The van der Waals surface area contributed by atoms with Crippen molar-refractivity contribution in [1.82, 2.24) is 5.32 Å². The number of amides is 1. The Morgan fingerprint density at radius 3 is 2.61 bits per heavy atom. The first-order chi connectivity index (χ1) is 8.61. The number of furan rings is 1. The lowest BCUT2D eigenvalue weighted by molar-refractivity contribution is -0.137. The van der Waals surface area contributed by atoms with Crippen LogP contribution >= 0.6 is 15.9 Å². The summed E-state index contributed by atoms with van der Waals surface area (Å²) in [6, 6.07) is 1.60. The number of rotatable bonds is 8. The summed E-state index contributed by atoms with van der Waals surface area (Å²) in [5.74, 6) is -0.922. The van der Waals surface area contributed by atoms with Crippen LogP contribution in [0.5, 0.6) is 0 Å². The molecule has 0 aliphatic carbocycles. The lowest BCUT2D eigenvalue weighted by atomic mass is 10.1. The molecule has 18 heavy (non-hydrogen) atoms. The van der Waals surface area contributed by atoms with Gasteiger partial charge in [0.25, 0.3) is 5.91 Å². The van der Waals surface area contributed by atoms with Gasteiger partial charge in [0.2, 0.25) is 0 Å². The van der Waals surface area contributed by atoms with Crippen LogP contribution in [0.1, 0.15) is 42.5 Å². The number of hydrogen-bond acceptors (Lipinski definition) is 3. The van der Waals surface area contributed by atoms with Gasteiger partial charge in [-0.2, -0.15) is 0 Å². The number of nitrogens with one attached hydrogen (secondary N) is 1. The van der Waals surface area contributed by atoms with Gasteiger partial charge in [0.15, 0.2) is 4.67 Å². The zero-order chi connectivity index (χ0) is 13.4. The molecule has 1 aromatic heterocycles. The highest BCUT2D eigenvalue weighted by molar-refractivity contribution is 9.10. The molecular weight excluding hydrogens is 302 g/mol. The molecule has 6 heteroatoms. The predicted octanol–water partition coefficient (Wildman–Crippen LogP) is 2.81. The third-order valence-electron chi connectivity index (χ3n) is 2.47. The molecule has 5 nitrogen and oxygen atoms in total. The fourth-order valence-electron chi connectivity index (χ4n) is 1.51. The van der Waals surface area contributed by atoms with Gasteiger partial charge in [0.05, 0.1) is 11.8 Å². The minimum atomic E-state index is -0.756. The van der Waals surface area contributed by atoms with Crippen LogP contribution in [0.3, 0.4) is 0 Å². The maximum absolute atomic E-state index is 11.6. The molecular formula is C12H16BrNO4. The van der Waals surface area contributed by atoms with E-state index >= 15 is 0 Å². The summed E-state index contributed by atoms with van der Waals surface area (Å²) in [7, 11) is 0. The van der Waals surface area contributed by atoms with Crippen molar-refractivity contribution >= 4 is 27.8 Å². The Labute approximate surface area is 114 Å². The Morgan fingerprint density at radius 2 is 2.00 bits per heavy atom. The number of aliphatic carboxylic acids is 1. The highest BCUT2D eigenvalue weighted by atomic mass is 79.9. The molecule has 2 N–H and O–H groups in total. The summed E-state index contributed by atoms with van der Waals surface area (Å²) in [4.78, 5) is 21.9. The van der Waals surface area contributed by atoms with Crippen LogP contribution in [0, 0.1) is 0 Å². The van der Waals surface area contributed by atoms with Crippen molar-refractivity contribution in [3.05, 3.63) is 22.6 Å². The van der Waals surface area contributed by atoms with Gasteiger partial charge in [0, 0.05) is 13.0 Å². The molecule has 0 aliphatic heterocycles. The highest BCUT2D eigenvalue weighted by Gasteiger charge is 2.11. The Balaban J connectivity index is 2.06. The van der Waals surface area contributed by atoms with E-state index in [2.05, 4.69) is 21.2 Å². The third kappa shape index (κ3) is 5.35. The number of hydrogen-bond donors (Lipinski definition) is 2. The second kappa shape index (κ2) is 7.92. The monoisotopic (exact) mass is 317 g/mol. The van der Waals surface area contributed by atoms with Crippen molar-refractivity contribution in [2.45, 2.75) is 32.1 Å². The van der Waals surface area contributed by atoms with Gasteiger partial charge in [0.1, 0.15) is 0 Å². The van der Waals surface area contributed by atoms with Crippen LogP contribution in [-0.4, -0.2) is 23.5 Å². The van der Waals surface area contributed by atoms with E-state index in [0.717, 1.165) is 19.3 Å². The van der Waals surface area contributed by atoms with Gasteiger partial charge >= 0.3 is 5.97 Å². The summed E-state index contributed by atoms with van der Waals surface area (Å²) in [6.07, 6.45) is 4.99. The van der Waals surface area contributed by atoms with Crippen LogP contribution < -0.4 is 5.32 Å². The van der Waals surface area contributed by atoms with E-state index in [9.17, 15) is 9.59 Å². The van der Waals surface area contributed by atoms with E-state index in [0.29, 0.717) is 23.2 Å². The van der Waals surface area contributed by atoms with E-state index in [-0.39, 0.29) is 12.3 Å². The molecule has 0 radical (unpaired) electrons. The van der Waals surface area contributed by atoms with E-state index in [1.54, 1.807) is 6.07 Å². The lowest BCUT2D eigenvalue weighted by Crippen LogP contribution is -2.24. The van der Waals surface area contributed by atoms with Gasteiger partial charge < -0.3 is 14.8 Å². The van der Waals surface area contributed by atoms with Gasteiger partial charge in [-0.3, -0.25) is 9.59 Å². The smallest absolute Gasteiger partial charge is 0.303 e. The zero-order valence-electron chi connectivity index (χ0n) is 9.95. The standard InChI is InChI=1S/C12H16BrNO4/c13-11-9(6-8-18-11)12(17)14-7-4-2-1-3-5-10(15)16/h6,8H,1-5,7H2,(H,14,17)(H,15,16). The minimum Gasteiger partial charge on any atom is -0.481 e. The molecule has 0 saturated carbocycles. The van der Waals surface area contributed by atoms with Crippen molar-refractivity contribution in [1.29, 1.82) is 0 Å². The summed E-state index contributed by atoms with van der Waals surface area (Å²) < 4.78 is 5.40. The molecule has 0 aliphatic rings. The fourth-order valence-corrected chi connectivity index (χ4v) is 1.93. The quantitative estimate of drug-likeness (QED) is 0.722. The molecule has 0 unspecified atom stereocenters. The largest absolute Gasteiger partial charge is 0.481 e. The first-order valence-electron chi connectivity index (χ1n) is 5.84. The number of carbonyl (C=O) groups is 2. The van der Waals surface area contributed by atoms with Crippen LogP contribution in [0.4, 0.5) is 0 Å². The Morgan fingerprint density at radius 1 is 1.28 bits per heavy atom. The number of carbonyl (C=O) groups excluding carboxylic acids is 1. The zero-order valence-corrected chi connectivity index (χ0v) is 11.5. The SMILES string of the molecule is O=C(O)CCCCCCNC(=O)c1ccoc1Br. The molecule has 1 amide bonds. The summed E-state index contributed by atoms with van der Waals surface area (Å²) in [5.41, 5.74) is 0.487. The second-order valence-electron chi connectivity index (χ2n) is 3.92. The molecule has 0 fully saturated rings. The molecule has 1 rings (SSSR count). The molecule has 0 saturated heterocycles. The number of unbranched alkanes of at least 4 members (excludes halogenated alkanes) is 3. The van der Waals surface area contributed by atoms with Crippen LogP contribution in [0.15, 0.2) is 21.4 Å². The van der Waals surface area contributed by atoms with Crippen molar-refractivity contribution in [2.75, 3.05) is 6.54 Å². The van der Waals surface area contributed by atoms with Gasteiger partial charge in [-0.1, -0.05) is 12.8 Å². The molecule has 0 spiro atoms. The first kappa shape index (κ1) is 14.8. The Kier molecular flexibility index (Phi) is 6.49. The topological polar surface area (TPSA) is 79.5 Å². The first-order valence-corrected chi connectivity index (χ1v) is 6.63. The highest BCUT2D eigenvalue weighted by Crippen LogP contribution is 2.17. The molecule has 1 aromatic rings. The molecule has 0 atom stereocenters. The summed E-state index contributed by atoms with van der Waals surface area (Å²) >= 11 is 3.14. The predicted molar refractivity (Wildman–Crippen MR) is 69.5 cm³/mol. The average molecular weight is 318 g/mol. The third-order valence-corrected chi connectivity index (χ3v) is 3.08. The van der Waals surface area contributed by atoms with Gasteiger partial charge in [-0.25, -0.2) is 0 Å². The number of halogens is 1. The van der Waals surface area contributed by atoms with Crippen LogP contribution in [-0.2, 0) is 4.79 Å². The summed E-state index contributed by atoms with van der Waals surface area (Å²) in [6.45, 7) is 0.587. The van der Waals surface area contributed by atoms with E-state index < -0.39 is 5.97 Å². The van der Waals surface area contributed by atoms with Gasteiger partial charge in [-0.05, 0) is 34.8 Å². The fraction of sp³-hybridized carbons (Fsp3) is 0.500. The normalized spacial score (nSPS) is 10.3. The molecule has 100 valence electrons.